The van der Waals surface area contributed by atoms with Crippen LogP contribution in [0.4, 0.5) is 5.69 Å². The molecule has 0 saturated carbocycles. The van der Waals surface area contributed by atoms with Crippen molar-refractivity contribution >= 4 is 45.4 Å². The van der Waals surface area contributed by atoms with Gasteiger partial charge in [0.1, 0.15) is 6.07 Å². The Bertz CT molecular complexity index is 970. The number of aryl methyl sites for hydroxylation is 1. The van der Waals surface area contributed by atoms with Gasteiger partial charge < -0.3 is 20.1 Å². The first-order valence-electron chi connectivity index (χ1n) is 8.96. The van der Waals surface area contributed by atoms with Crippen molar-refractivity contribution in [2.75, 3.05) is 19.0 Å². The summed E-state index contributed by atoms with van der Waals surface area (Å²) in [7, 11) is 1.53. The maximum Gasteiger partial charge on any atom is 0.260 e. The summed E-state index contributed by atoms with van der Waals surface area (Å²) in [6, 6.07) is 13.6. The number of benzene rings is 2. The van der Waals surface area contributed by atoms with Crippen LogP contribution in [-0.4, -0.2) is 25.1 Å². The third-order valence-corrected chi connectivity index (χ3v) is 5.97. The number of halogens is 1. The lowest BCUT2D eigenvalue weighted by Gasteiger charge is -2.13. The van der Waals surface area contributed by atoms with Gasteiger partial charge in [0.15, 0.2) is 23.6 Å². The van der Waals surface area contributed by atoms with Crippen molar-refractivity contribution < 1.29 is 14.3 Å². The fraction of sp³-hybridized carbons (Fsp3) is 0.238. The molecule has 2 aromatic rings. The van der Waals surface area contributed by atoms with Crippen LogP contribution < -0.4 is 20.1 Å². The van der Waals surface area contributed by atoms with Gasteiger partial charge in [0.25, 0.3) is 5.91 Å². The number of nitriles is 1. The lowest BCUT2D eigenvalue weighted by molar-refractivity contribution is -0.116. The number of carbonyl (C=O) groups excluding carboxylic acids is 1. The number of ether oxygens (including phenoxy) is 2. The summed E-state index contributed by atoms with van der Waals surface area (Å²) in [5.41, 5.74) is 2.74. The SMILES string of the molecule is CCc1ccc(N[C@@H]2NC(=O)/C(=C/c3cc(OC)c(OCC#N)cc3Br)S2)cc1. The molecule has 3 rings (SSSR count). The van der Waals surface area contributed by atoms with E-state index >= 15 is 0 Å². The molecular weight excluding hydrogens is 454 g/mol. The molecule has 0 aromatic heterocycles. The van der Waals surface area contributed by atoms with Crippen LogP contribution >= 0.6 is 27.7 Å². The van der Waals surface area contributed by atoms with Gasteiger partial charge in [-0.3, -0.25) is 4.79 Å². The van der Waals surface area contributed by atoms with Gasteiger partial charge in [-0.25, -0.2) is 0 Å². The predicted molar refractivity (Wildman–Crippen MR) is 119 cm³/mol. The Labute approximate surface area is 182 Å². The van der Waals surface area contributed by atoms with Gasteiger partial charge in [-0.1, -0.05) is 46.7 Å². The number of hydrogen-bond acceptors (Lipinski definition) is 6. The zero-order chi connectivity index (χ0) is 20.8. The molecule has 2 aromatic carbocycles. The van der Waals surface area contributed by atoms with Crippen molar-refractivity contribution in [3.8, 4) is 17.6 Å². The molecule has 8 heteroatoms. The van der Waals surface area contributed by atoms with E-state index in [0.717, 1.165) is 22.1 Å². The Kier molecular flexibility index (Phi) is 7.07. The standard InChI is InChI=1S/C21H20BrN3O3S/c1-3-13-4-6-15(7-5-13)24-21-25-20(26)19(29-21)11-14-10-17(27-2)18(12-16(14)22)28-9-8-23/h4-7,10-12,21,24H,3,9H2,1-2H3,(H,25,26)/b19-11-/t21-/m1/s1. The Morgan fingerprint density at radius 2 is 2.07 bits per heavy atom. The minimum absolute atomic E-state index is 0.0753. The predicted octanol–water partition coefficient (Wildman–Crippen LogP) is 4.52. The van der Waals surface area contributed by atoms with E-state index in [1.54, 1.807) is 18.2 Å². The van der Waals surface area contributed by atoms with Gasteiger partial charge >= 0.3 is 0 Å². The van der Waals surface area contributed by atoms with Crippen LogP contribution in [0.2, 0.25) is 0 Å². The normalized spacial score (nSPS) is 17.0. The van der Waals surface area contributed by atoms with Crippen molar-refractivity contribution in [2.45, 2.75) is 18.8 Å². The average Bonchev–Trinajstić information content (AvgIpc) is 3.07. The fourth-order valence-electron chi connectivity index (χ4n) is 2.74. The van der Waals surface area contributed by atoms with E-state index in [9.17, 15) is 4.79 Å². The topological polar surface area (TPSA) is 83.4 Å². The van der Waals surface area contributed by atoms with Crippen LogP contribution in [0.5, 0.6) is 11.5 Å². The highest BCUT2D eigenvalue weighted by Gasteiger charge is 2.27. The summed E-state index contributed by atoms with van der Waals surface area (Å²) in [5.74, 6) is 0.805. The molecule has 1 heterocycles. The Balaban J connectivity index is 1.76. The summed E-state index contributed by atoms with van der Waals surface area (Å²) in [6.45, 7) is 2.04. The zero-order valence-electron chi connectivity index (χ0n) is 16.0. The lowest BCUT2D eigenvalue weighted by Crippen LogP contribution is -2.30. The first-order chi connectivity index (χ1) is 14.0. The van der Waals surface area contributed by atoms with Crippen LogP contribution in [0.1, 0.15) is 18.1 Å². The second kappa shape index (κ2) is 9.72. The van der Waals surface area contributed by atoms with Crippen LogP contribution in [0.3, 0.4) is 0 Å². The lowest BCUT2D eigenvalue weighted by atomic mass is 10.1. The highest BCUT2D eigenvalue weighted by Crippen LogP contribution is 2.37. The number of nitrogens with one attached hydrogen (secondary N) is 2. The van der Waals surface area contributed by atoms with Crippen molar-refractivity contribution in [2.24, 2.45) is 0 Å². The molecule has 1 atom stereocenters. The second-order valence-corrected chi connectivity index (χ2v) is 8.15. The highest BCUT2D eigenvalue weighted by atomic mass is 79.9. The van der Waals surface area contributed by atoms with Crippen molar-refractivity contribution in [3.63, 3.8) is 0 Å². The number of hydrogen-bond donors (Lipinski definition) is 2. The van der Waals surface area contributed by atoms with Gasteiger partial charge in [0.05, 0.1) is 12.0 Å². The minimum atomic E-state index is -0.250. The summed E-state index contributed by atoms with van der Waals surface area (Å²) in [4.78, 5) is 13.0. The van der Waals surface area contributed by atoms with Crippen molar-refractivity contribution in [1.29, 1.82) is 5.26 Å². The van der Waals surface area contributed by atoms with E-state index in [4.69, 9.17) is 14.7 Å². The van der Waals surface area contributed by atoms with Crippen LogP contribution in [0, 0.1) is 11.3 Å². The molecular formula is C21H20BrN3O3S. The molecule has 29 heavy (non-hydrogen) atoms. The highest BCUT2D eigenvalue weighted by molar-refractivity contribution is 9.10. The van der Waals surface area contributed by atoms with Gasteiger partial charge in [-0.05, 0) is 47.9 Å². The molecule has 150 valence electrons. The first-order valence-corrected chi connectivity index (χ1v) is 10.6. The maximum absolute atomic E-state index is 12.4. The molecule has 0 aliphatic carbocycles. The zero-order valence-corrected chi connectivity index (χ0v) is 18.4. The molecule has 0 radical (unpaired) electrons. The monoisotopic (exact) mass is 473 g/mol. The second-order valence-electron chi connectivity index (χ2n) is 6.15. The third kappa shape index (κ3) is 5.25. The van der Waals surface area contributed by atoms with E-state index in [0.29, 0.717) is 16.4 Å². The van der Waals surface area contributed by atoms with Gasteiger partial charge in [0, 0.05) is 10.2 Å². The van der Waals surface area contributed by atoms with E-state index in [2.05, 4.69) is 45.6 Å². The number of anilines is 1. The number of thioether (sulfide) groups is 1. The Morgan fingerprint density at radius 3 is 2.72 bits per heavy atom. The van der Waals surface area contributed by atoms with Gasteiger partial charge in [0.2, 0.25) is 0 Å². The van der Waals surface area contributed by atoms with Crippen LogP contribution in [0.15, 0.2) is 45.8 Å². The summed E-state index contributed by atoms with van der Waals surface area (Å²) < 4.78 is 11.5. The number of carbonyl (C=O) groups is 1. The van der Waals surface area contributed by atoms with Gasteiger partial charge in [-0.2, -0.15) is 5.26 Å². The maximum atomic E-state index is 12.4. The minimum Gasteiger partial charge on any atom is -0.493 e. The molecule has 0 unspecified atom stereocenters. The molecule has 6 nitrogen and oxygen atoms in total. The summed E-state index contributed by atoms with van der Waals surface area (Å²) in [5, 5.41) is 14.9. The van der Waals surface area contributed by atoms with E-state index < -0.39 is 0 Å². The largest absolute Gasteiger partial charge is 0.493 e. The van der Waals surface area contributed by atoms with E-state index in [1.807, 2.05) is 18.2 Å². The van der Waals surface area contributed by atoms with Crippen molar-refractivity contribution in [1.82, 2.24) is 5.32 Å². The van der Waals surface area contributed by atoms with Crippen molar-refractivity contribution in [3.05, 3.63) is 56.9 Å². The third-order valence-electron chi connectivity index (χ3n) is 4.25. The Hall–Kier alpha value is -2.63. The first kappa shape index (κ1) is 21.1. The molecule has 1 aliphatic rings. The number of nitrogens with zero attached hydrogens (tertiary/aromatic N) is 1. The molecule has 2 N–H and O–H groups in total. The van der Waals surface area contributed by atoms with E-state index in [1.165, 1.54) is 24.4 Å². The quantitative estimate of drug-likeness (QED) is 0.575. The van der Waals surface area contributed by atoms with Crippen LogP contribution in [0.25, 0.3) is 6.08 Å². The number of methoxy groups -OCH3 is 1. The van der Waals surface area contributed by atoms with Gasteiger partial charge in [-0.15, -0.1) is 0 Å². The molecule has 0 spiro atoms. The number of amides is 1. The molecule has 0 bridgehead atoms. The van der Waals surface area contributed by atoms with E-state index in [-0.39, 0.29) is 18.0 Å². The molecule has 1 amide bonds. The molecule has 1 fully saturated rings. The molecule has 1 aliphatic heterocycles. The Morgan fingerprint density at radius 1 is 1.31 bits per heavy atom. The average molecular weight is 474 g/mol. The summed E-state index contributed by atoms with van der Waals surface area (Å²) >= 11 is 4.90. The number of rotatable bonds is 7. The smallest absolute Gasteiger partial charge is 0.260 e. The summed E-state index contributed by atoms with van der Waals surface area (Å²) in [6.07, 6.45) is 2.78. The van der Waals surface area contributed by atoms with Crippen LogP contribution in [-0.2, 0) is 11.2 Å². The fourth-order valence-corrected chi connectivity index (χ4v) is 4.15. The molecule has 1 saturated heterocycles.